The number of nitrogens with two attached hydrogens (primary N) is 1. The smallest absolute Gasteiger partial charge is 0.191 e. The van der Waals surface area contributed by atoms with Gasteiger partial charge in [-0.1, -0.05) is 29.4 Å². The Balaban J connectivity index is 1.81. The summed E-state index contributed by atoms with van der Waals surface area (Å²) in [6.45, 7) is 0. The maximum absolute atomic E-state index is 5.90. The summed E-state index contributed by atoms with van der Waals surface area (Å²) >= 11 is 8.90. The zero-order chi connectivity index (χ0) is 13.2. The summed E-state index contributed by atoms with van der Waals surface area (Å²) < 4.78 is 0. The largest absolute Gasteiger partial charge is 0.383 e. The predicted octanol–water partition coefficient (Wildman–Crippen LogP) is 3.61. The zero-order valence-electron chi connectivity index (χ0n) is 9.71. The summed E-state index contributed by atoms with van der Waals surface area (Å²) in [5.41, 5.74) is 6.79. The summed E-state index contributed by atoms with van der Waals surface area (Å²) in [5, 5.41) is 4.03. The first-order chi connectivity index (χ1) is 9.22. The lowest BCUT2D eigenvalue weighted by Crippen LogP contribution is -1.95. The van der Waals surface area contributed by atoms with Gasteiger partial charge >= 0.3 is 0 Å². The van der Waals surface area contributed by atoms with E-state index in [-0.39, 0.29) is 0 Å². The molecule has 3 aromatic rings. The second-order valence-electron chi connectivity index (χ2n) is 3.77. The Morgan fingerprint density at radius 2 is 2.11 bits per heavy atom. The second kappa shape index (κ2) is 5.32. The molecule has 4 nitrogen and oxygen atoms in total. The third-order valence-corrected chi connectivity index (χ3v) is 4.35. The van der Waals surface area contributed by atoms with E-state index in [9.17, 15) is 0 Å². The highest BCUT2D eigenvalue weighted by atomic mass is 35.5. The lowest BCUT2D eigenvalue weighted by atomic mass is 10.4. The molecule has 96 valence electrons. The van der Waals surface area contributed by atoms with Crippen molar-refractivity contribution in [3.63, 3.8) is 0 Å². The van der Waals surface area contributed by atoms with Gasteiger partial charge in [-0.2, -0.15) is 0 Å². The second-order valence-corrected chi connectivity index (χ2v) is 6.00. The maximum Gasteiger partial charge on any atom is 0.191 e. The van der Waals surface area contributed by atoms with Crippen LogP contribution >= 0.6 is 34.7 Å². The van der Waals surface area contributed by atoms with Crippen LogP contribution in [0, 0.1) is 0 Å². The van der Waals surface area contributed by atoms with Gasteiger partial charge in [-0.05, 0) is 23.6 Å². The lowest BCUT2D eigenvalue weighted by Gasteiger charge is -2.02. The van der Waals surface area contributed by atoms with Crippen LogP contribution in [0.4, 0.5) is 5.82 Å². The molecule has 3 aromatic heterocycles. The van der Waals surface area contributed by atoms with Gasteiger partial charge in [-0.25, -0.2) is 15.0 Å². The van der Waals surface area contributed by atoms with Gasteiger partial charge in [0.1, 0.15) is 15.8 Å². The van der Waals surface area contributed by atoms with Crippen molar-refractivity contribution in [1.82, 2.24) is 15.0 Å². The molecule has 0 unspecified atom stereocenters. The van der Waals surface area contributed by atoms with E-state index in [2.05, 4.69) is 15.0 Å². The number of pyridine rings is 1. The average molecular weight is 309 g/mol. The summed E-state index contributed by atoms with van der Waals surface area (Å²) in [4.78, 5) is 13.9. The number of thiophene rings is 1. The van der Waals surface area contributed by atoms with Crippen molar-refractivity contribution in [2.45, 2.75) is 10.9 Å². The van der Waals surface area contributed by atoms with Gasteiger partial charge in [-0.15, -0.1) is 11.3 Å². The molecule has 7 heteroatoms. The Labute approximate surface area is 123 Å². The molecule has 0 aromatic carbocycles. The molecular weight excluding hydrogens is 300 g/mol. The number of nitrogen functional groups attached to an aromatic ring is 1. The summed E-state index contributed by atoms with van der Waals surface area (Å²) in [6.07, 6.45) is 0. The van der Waals surface area contributed by atoms with Crippen LogP contribution in [0.15, 0.2) is 34.8 Å². The van der Waals surface area contributed by atoms with Gasteiger partial charge < -0.3 is 5.73 Å². The summed E-state index contributed by atoms with van der Waals surface area (Å²) in [6, 6.07) is 7.49. The van der Waals surface area contributed by atoms with Crippen molar-refractivity contribution in [3.05, 3.63) is 40.5 Å². The zero-order valence-corrected chi connectivity index (χ0v) is 12.1. The Hall–Kier alpha value is -1.37. The molecule has 0 spiro atoms. The van der Waals surface area contributed by atoms with Crippen LogP contribution in [0.25, 0.3) is 10.2 Å². The molecule has 19 heavy (non-hydrogen) atoms. The monoisotopic (exact) mass is 308 g/mol. The molecule has 0 saturated heterocycles. The van der Waals surface area contributed by atoms with Crippen molar-refractivity contribution < 1.29 is 0 Å². The highest BCUT2D eigenvalue weighted by Gasteiger charge is 2.07. The minimum absolute atomic E-state index is 0.493. The molecule has 3 rings (SSSR count). The van der Waals surface area contributed by atoms with E-state index < -0.39 is 0 Å². The molecule has 0 radical (unpaired) electrons. The first kappa shape index (κ1) is 12.7. The van der Waals surface area contributed by atoms with E-state index in [4.69, 9.17) is 17.3 Å². The predicted molar refractivity (Wildman–Crippen MR) is 80.6 cm³/mol. The molecular formula is C12H9ClN4S2. The normalized spacial score (nSPS) is 11.0. The Morgan fingerprint density at radius 3 is 2.95 bits per heavy atom. The van der Waals surface area contributed by atoms with Crippen LogP contribution in [-0.4, -0.2) is 15.0 Å². The van der Waals surface area contributed by atoms with Crippen LogP contribution in [-0.2, 0) is 5.75 Å². The van der Waals surface area contributed by atoms with Crippen LogP contribution in [0.3, 0.4) is 0 Å². The topological polar surface area (TPSA) is 64.7 Å². The number of aromatic nitrogens is 3. The fourth-order valence-corrected chi connectivity index (χ4v) is 3.36. The minimum atomic E-state index is 0.493. The summed E-state index contributed by atoms with van der Waals surface area (Å²) in [7, 11) is 0. The highest BCUT2D eigenvalue weighted by molar-refractivity contribution is 7.98. The number of hydrogen-bond acceptors (Lipinski definition) is 6. The molecule has 0 aliphatic heterocycles. The van der Waals surface area contributed by atoms with Crippen LogP contribution < -0.4 is 5.73 Å². The molecule has 0 atom stereocenters. The fraction of sp³-hybridized carbons (Fsp3) is 0.0833. The van der Waals surface area contributed by atoms with Crippen molar-refractivity contribution in [2.24, 2.45) is 0 Å². The van der Waals surface area contributed by atoms with Crippen LogP contribution in [0.2, 0.25) is 5.15 Å². The van der Waals surface area contributed by atoms with E-state index in [0.717, 1.165) is 15.9 Å². The molecule has 0 saturated carbocycles. The maximum atomic E-state index is 5.90. The number of nitrogens with zero attached hydrogens (tertiary/aromatic N) is 3. The van der Waals surface area contributed by atoms with Gasteiger partial charge in [0.25, 0.3) is 0 Å². The number of halogens is 1. The van der Waals surface area contributed by atoms with Gasteiger partial charge in [0.2, 0.25) is 0 Å². The number of fused-ring (bicyclic) bond motifs is 1. The number of hydrogen-bond donors (Lipinski definition) is 1. The van der Waals surface area contributed by atoms with E-state index in [1.807, 2.05) is 23.6 Å². The molecule has 3 heterocycles. The van der Waals surface area contributed by atoms with Gasteiger partial charge in [0.15, 0.2) is 5.16 Å². The number of rotatable bonds is 3. The van der Waals surface area contributed by atoms with Gasteiger partial charge in [0, 0.05) is 5.75 Å². The van der Waals surface area contributed by atoms with Gasteiger partial charge in [0.05, 0.1) is 11.1 Å². The number of anilines is 1. The third kappa shape index (κ3) is 2.80. The van der Waals surface area contributed by atoms with Gasteiger partial charge in [-0.3, -0.25) is 0 Å². The van der Waals surface area contributed by atoms with Crippen molar-refractivity contribution in [2.75, 3.05) is 5.73 Å². The van der Waals surface area contributed by atoms with Crippen LogP contribution in [0.1, 0.15) is 5.69 Å². The Bertz CT molecular complexity index is 729. The molecule has 0 aliphatic rings. The average Bonchev–Trinajstić information content (AvgIpc) is 2.85. The van der Waals surface area contributed by atoms with E-state index in [1.165, 1.54) is 11.8 Å². The lowest BCUT2D eigenvalue weighted by molar-refractivity contribution is 1.01. The number of thioether (sulfide) groups is 1. The molecule has 0 aliphatic carbocycles. The first-order valence-corrected chi connectivity index (χ1v) is 7.71. The van der Waals surface area contributed by atoms with Crippen molar-refractivity contribution in [3.8, 4) is 0 Å². The molecule has 0 bridgehead atoms. The SMILES string of the molecule is Nc1nc(SCc2cccc(Cl)n2)nc2sccc12. The van der Waals surface area contributed by atoms with E-state index in [0.29, 0.717) is 21.9 Å². The minimum Gasteiger partial charge on any atom is -0.383 e. The standard InChI is InChI=1S/C12H9ClN4S2/c13-9-3-1-2-7(15-9)6-19-12-16-10(14)8-4-5-18-11(8)17-12/h1-5H,6H2,(H2,14,16,17). The van der Waals surface area contributed by atoms with Crippen LogP contribution in [0.5, 0.6) is 0 Å². The quantitative estimate of drug-likeness (QED) is 0.455. The highest BCUT2D eigenvalue weighted by Crippen LogP contribution is 2.27. The first-order valence-electron chi connectivity index (χ1n) is 5.47. The van der Waals surface area contributed by atoms with Crippen molar-refractivity contribution in [1.29, 1.82) is 0 Å². The molecule has 0 fully saturated rings. The summed E-state index contributed by atoms with van der Waals surface area (Å²) in [5.74, 6) is 1.18. The third-order valence-electron chi connectivity index (χ3n) is 2.46. The fourth-order valence-electron chi connectivity index (χ4n) is 1.59. The molecule has 2 N–H and O–H groups in total. The Kier molecular flexibility index (Phi) is 3.54. The Morgan fingerprint density at radius 1 is 1.21 bits per heavy atom. The van der Waals surface area contributed by atoms with E-state index >= 15 is 0 Å². The molecule has 0 amide bonds. The van der Waals surface area contributed by atoms with Crippen molar-refractivity contribution >= 4 is 50.7 Å². The van der Waals surface area contributed by atoms with E-state index in [1.54, 1.807) is 17.4 Å².